The van der Waals surface area contributed by atoms with E-state index in [0.717, 1.165) is 61.7 Å². The van der Waals surface area contributed by atoms with E-state index in [2.05, 4.69) is 40.8 Å². The van der Waals surface area contributed by atoms with Gasteiger partial charge in [0.15, 0.2) is 0 Å². The SMILES string of the molecule is C=C(C)c1cc(F)cc(N2CCC=C(N3CCNCC3)C=C2C)c1. The quantitative estimate of drug-likeness (QED) is 0.912. The van der Waals surface area contributed by atoms with E-state index in [1.54, 1.807) is 12.1 Å². The first-order valence-electron chi connectivity index (χ1n) is 8.63. The molecule has 2 heterocycles. The summed E-state index contributed by atoms with van der Waals surface area (Å²) in [6, 6.07) is 5.19. The average molecular weight is 327 g/mol. The number of anilines is 1. The molecular formula is C20H26FN3. The molecule has 1 saturated heterocycles. The third kappa shape index (κ3) is 3.70. The number of nitrogens with one attached hydrogen (secondary N) is 1. The maximum Gasteiger partial charge on any atom is 0.125 e. The Labute approximate surface area is 144 Å². The molecule has 0 spiro atoms. The first-order valence-corrected chi connectivity index (χ1v) is 8.63. The highest BCUT2D eigenvalue weighted by Crippen LogP contribution is 2.28. The number of rotatable bonds is 3. The lowest BCUT2D eigenvalue weighted by Crippen LogP contribution is -2.42. The van der Waals surface area contributed by atoms with Gasteiger partial charge in [0.1, 0.15) is 5.82 Å². The van der Waals surface area contributed by atoms with Crippen LogP contribution in [-0.2, 0) is 0 Å². The Hall–Kier alpha value is -2.07. The van der Waals surface area contributed by atoms with Gasteiger partial charge in [0.05, 0.1) is 0 Å². The zero-order valence-corrected chi connectivity index (χ0v) is 14.6. The minimum absolute atomic E-state index is 0.210. The van der Waals surface area contributed by atoms with E-state index in [0.29, 0.717) is 0 Å². The third-order valence-corrected chi connectivity index (χ3v) is 4.66. The normalized spacial score (nSPS) is 18.8. The van der Waals surface area contributed by atoms with E-state index in [1.807, 2.05) is 13.0 Å². The van der Waals surface area contributed by atoms with E-state index in [9.17, 15) is 4.39 Å². The summed E-state index contributed by atoms with van der Waals surface area (Å²) in [6.45, 7) is 12.9. The number of allylic oxidation sites excluding steroid dienone is 3. The van der Waals surface area contributed by atoms with Crippen LogP contribution in [0.25, 0.3) is 5.57 Å². The van der Waals surface area contributed by atoms with Gasteiger partial charge in [-0.05, 0) is 50.1 Å². The van der Waals surface area contributed by atoms with Gasteiger partial charge in [-0.2, -0.15) is 0 Å². The number of nitrogens with zero attached hydrogens (tertiary/aromatic N) is 2. The van der Waals surface area contributed by atoms with Crippen molar-refractivity contribution >= 4 is 11.3 Å². The van der Waals surface area contributed by atoms with Crippen molar-refractivity contribution < 1.29 is 4.39 Å². The van der Waals surface area contributed by atoms with Crippen LogP contribution in [0.1, 0.15) is 25.8 Å². The van der Waals surface area contributed by atoms with E-state index in [4.69, 9.17) is 0 Å². The van der Waals surface area contributed by atoms with Gasteiger partial charge in [0, 0.05) is 49.8 Å². The van der Waals surface area contributed by atoms with E-state index in [1.165, 1.54) is 5.70 Å². The maximum absolute atomic E-state index is 14.0. The molecule has 1 N–H and O–H groups in total. The van der Waals surface area contributed by atoms with Crippen LogP contribution in [0.4, 0.5) is 10.1 Å². The van der Waals surface area contributed by atoms with Gasteiger partial charge < -0.3 is 15.1 Å². The Morgan fingerprint density at radius 3 is 2.62 bits per heavy atom. The highest BCUT2D eigenvalue weighted by molar-refractivity contribution is 5.67. The maximum atomic E-state index is 14.0. The summed E-state index contributed by atoms with van der Waals surface area (Å²) >= 11 is 0. The fourth-order valence-electron chi connectivity index (χ4n) is 3.32. The molecule has 24 heavy (non-hydrogen) atoms. The van der Waals surface area contributed by atoms with Crippen LogP contribution in [-0.4, -0.2) is 37.6 Å². The molecule has 0 unspecified atom stereocenters. The summed E-state index contributed by atoms with van der Waals surface area (Å²) in [5.41, 5.74) is 5.07. The highest BCUT2D eigenvalue weighted by Gasteiger charge is 2.17. The molecule has 0 radical (unpaired) electrons. The second-order valence-electron chi connectivity index (χ2n) is 6.57. The van der Waals surface area contributed by atoms with Gasteiger partial charge in [0.2, 0.25) is 0 Å². The Morgan fingerprint density at radius 2 is 1.92 bits per heavy atom. The van der Waals surface area contributed by atoms with Crippen molar-refractivity contribution in [2.45, 2.75) is 20.3 Å². The minimum atomic E-state index is -0.210. The molecule has 3 nitrogen and oxygen atoms in total. The molecule has 0 amide bonds. The van der Waals surface area contributed by atoms with Crippen molar-refractivity contribution in [3.05, 3.63) is 59.7 Å². The van der Waals surface area contributed by atoms with Crippen LogP contribution in [0.15, 0.2) is 48.3 Å². The van der Waals surface area contributed by atoms with Crippen LogP contribution in [0.3, 0.4) is 0 Å². The van der Waals surface area contributed by atoms with Crippen molar-refractivity contribution in [3.63, 3.8) is 0 Å². The van der Waals surface area contributed by atoms with Gasteiger partial charge in [0.25, 0.3) is 0 Å². The van der Waals surface area contributed by atoms with Crippen LogP contribution < -0.4 is 10.2 Å². The summed E-state index contributed by atoms with van der Waals surface area (Å²) < 4.78 is 14.0. The molecular weight excluding hydrogens is 301 g/mol. The number of hydrogen-bond acceptors (Lipinski definition) is 3. The first kappa shape index (κ1) is 16.8. The van der Waals surface area contributed by atoms with Crippen LogP contribution in [0.5, 0.6) is 0 Å². The molecule has 0 aliphatic carbocycles. The predicted octanol–water partition coefficient (Wildman–Crippen LogP) is 3.76. The highest BCUT2D eigenvalue weighted by atomic mass is 19.1. The fourth-order valence-corrected chi connectivity index (χ4v) is 3.32. The number of hydrogen-bond donors (Lipinski definition) is 1. The lowest BCUT2D eigenvalue weighted by Gasteiger charge is -2.30. The van der Waals surface area contributed by atoms with Gasteiger partial charge in [-0.3, -0.25) is 0 Å². The van der Waals surface area contributed by atoms with Crippen molar-refractivity contribution in [2.24, 2.45) is 0 Å². The van der Waals surface area contributed by atoms with Gasteiger partial charge in [-0.15, -0.1) is 0 Å². The fraction of sp³-hybridized carbons (Fsp3) is 0.400. The van der Waals surface area contributed by atoms with E-state index < -0.39 is 0 Å². The number of halogens is 1. The Bertz CT molecular complexity index is 684. The standard InChI is InChI=1S/C20H26FN3/c1-15(2)17-12-18(21)14-20(13-17)24-8-4-5-19(11-16(24)3)23-9-6-22-7-10-23/h5,11-14,22H,1,4,6-10H2,2-3H3. The van der Waals surface area contributed by atoms with Gasteiger partial charge in [-0.1, -0.05) is 18.2 Å². The van der Waals surface area contributed by atoms with Crippen LogP contribution in [0, 0.1) is 5.82 Å². The summed E-state index contributed by atoms with van der Waals surface area (Å²) in [4.78, 5) is 4.62. The Balaban J connectivity index is 1.87. The summed E-state index contributed by atoms with van der Waals surface area (Å²) in [7, 11) is 0. The van der Waals surface area contributed by atoms with Crippen molar-refractivity contribution in [1.29, 1.82) is 0 Å². The van der Waals surface area contributed by atoms with Crippen molar-refractivity contribution in [3.8, 4) is 0 Å². The Kier molecular flexibility index (Phi) is 5.05. The third-order valence-electron chi connectivity index (χ3n) is 4.66. The van der Waals surface area contributed by atoms with E-state index in [-0.39, 0.29) is 5.82 Å². The summed E-state index contributed by atoms with van der Waals surface area (Å²) in [5, 5.41) is 3.39. The smallest absolute Gasteiger partial charge is 0.125 e. The summed E-state index contributed by atoms with van der Waals surface area (Å²) in [6.07, 6.45) is 5.48. The largest absolute Gasteiger partial charge is 0.369 e. The van der Waals surface area contributed by atoms with Crippen LogP contribution >= 0.6 is 0 Å². The van der Waals surface area contributed by atoms with Crippen molar-refractivity contribution in [1.82, 2.24) is 10.2 Å². The second-order valence-corrected chi connectivity index (χ2v) is 6.57. The molecule has 1 aromatic rings. The molecule has 2 aliphatic rings. The molecule has 4 heteroatoms. The monoisotopic (exact) mass is 327 g/mol. The molecule has 0 saturated carbocycles. The van der Waals surface area contributed by atoms with Gasteiger partial charge >= 0.3 is 0 Å². The first-order chi connectivity index (χ1) is 11.5. The van der Waals surface area contributed by atoms with Crippen molar-refractivity contribution in [2.75, 3.05) is 37.6 Å². The summed E-state index contributed by atoms with van der Waals surface area (Å²) in [5.74, 6) is -0.210. The topological polar surface area (TPSA) is 18.5 Å². The minimum Gasteiger partial charge on any atom is -0.369 e. The zero-order valence-electron chi connectivity index (χ0n) is 14.6. The molecule has 1 aromatic carbocycles. The molecule has 3 rings (SSSR count). The zero-order chi connectivity index (χ0) is 17.1. The molecule has 2 aliphatic heterocycles. The molecule has 128 valence electrons. The predicted molar refractivity (Wildman–Crippen MR) is 99.4 cm³/mol. The lowest BCUT2D eigenvalue weighted by molar-refractivity contribution is 0.306. The number of benzene rings is 1. The molecule has 0 aromatic heterocycles. The van der Waals surface area contributed by atoms with E-state index >= 15 is 0 Å². The average Bonchev–Trinajstić information content (AvgIpc) is 2.76. The number of piperazine rings is 1. The second kappa shape index (κ2) is 7.22. The molecule has 0 bridgehead atoms. The lowest BCUT2D eigenvalue weighted by atomic mass is 10.1. The Morgan fingerprint density at radius 1 is 1.17 bits per heavy atom. The molecule has 0 atom stereocenters. The van der Waals surface area contributed by atoms with Gasteiger partial charge in [-0.25, -0.2) is 4.39 Å². The molecule has 1 fully saturated rings. The van der Waals surface area contributed by atoms with Crippen LogP contribution in [0.2, 0.25) is 0 Å².